The first-order chi connectivity index (χ1) is 23.6. The van der Waals surface area contributed by atoms with Crippen LogP contribution in [0.4, 0.5) is 0 Å². The maximum absolute atomic E-state index is 2.56. The summed E-state index contributed by atoms with van der Waals surface area (Å²) >= 11 is 0. The van der Waals surface area contributed by atoms with E-state index in [9.17, 15) is 0 Å². The van der Waals surface area contributed by atoms with Crippen molar-refractivity contribution in [2.75, 3.05) is 0 Å². The lowest BCUT2D eigenvalue weighted by molar-refractivity contribution is 0.416. The van der Waals surface area contributed by atoms with Crippen molar-refractivity contribution in [3.63, 3.8) is 0 Å². The highest BCUT2D eigenvalue weighted by molar-refractivity contribution is 5.84. The van der Waals surface area contributed by atoms with Crippen LogP contribution >= 0.6 is 0 Å². The van der Waals surface area contributed by atoms with E-state index in [-0.39, 0.29) is 22.7 Å². The van der Waals surface area contributed by atoms with Crippen LogP contribution in [0.3, 0.4) is 0 Å². The minimum absolute atomic E-state index is 0.0212. The van der Waals surface area contributed by atoms with E-state index in [2.05, 4.69) is 199 Å². The molecule has 0 fully saturated rings. The fourth-order valence-electron chi connectivity index (χ4n) is 8.77. The summed E-state index contributed by atoms with van der Waals surface area (Å²) in [7, 11) is 0. The Kier molecular flexibility index (Phi) is 7.41. The summed E-state index contributed by atoms with van der Waals surface area (Å²) in [6, 6.07) is 55.4. The van der Waals surface area contributed by atoms with Crippen LogP contribution in [-0.2, 0) is 16.2 Å². The molecule has 6 aromatic rings. The van der Waals surface area contributed by atoms with Gasteiger partial charge in [-0.15, -0.1) is 0 Å². The number of hydrogen-bond acceptors (Lipinski definition) is 0. The molecule has 0 heteroatoms. The monoisotopic (exact) mass is 634 g/mol. The van der Waals surface area contributed by atoms with Crippen LogP contribution in [-0.4, -0.2) is 0 Å². The zero-order valence-corrected chi connectivity index (χ0v) is 29.7. The first kappa shape index (κ1) is 31.3. The van der Waals surface area contributed by atoms with Gasteiger partial charge in [-0.25, -0.2) is 0 Å². The molecule has 0 bridgehead atoms. The minimum Gasteiger partial charge on any atom is -0.0751 e. The maximum atomic E-state index is 2.56. The molecule has 0 amide bonds. The summed E-state index contributed by atoms with van der Waals surface area (Å²) in [4.78, 5) is 0. The second-order valence-electron chi connectivity index (χ2n) is 16.1. The van der Waals surface area contributed by atoms with Crippen molar-refractivity contribution in [1.29, 1.82) is 0 Å². The highest BCUT2D eigenvalue weighted by Gasteiger charge is 2.54. The number of allylic oxidation sites excluding steroid dienone is 1. The summed E-state index contributed by atoms with van der Waals surface area (Å²) in [5, 5.41) is 0. The average molecular weight is 635 g/mol. The van der Waals surface area contributed by atoms with Crippen molar-refractivity contribution < 1.29 is 0 Å². The fourth-order valence-corrected chi connectivity index (χ4v) is 8.77. The summed E-state index contributed by atoms with van der Waals surface area (Å²) in [6.07, 6.45) is 4.91. The Morgan fingerprint density at radius 3 is 1.41 bits per heavy atom. The Bertz CT molecular complexity index is 2070. The van der Waals surface area contributed by atoms with Gasteiger partial charge in [-0.2, -0.15) is 0 Å². The molecule has 0 nitrogen and oxygen atoms in total. The van der Waals surface area contributed by atoms with Gasteiger partial charge in [-0.1, -0.05) is 199 Å². The molecular formula is C49H46. The molecule has 0 saturated heterocycles. The molecule has 1 atom stereocenters. The molecule has 2 aliphatic carbocycles. The highest BCUT2D eigenvalue weighted by atomic mass is 14.6. The topological polar surface area (TPSA) is 0 Å². The molecule has 0 saturated carbocycles. The van der Waals surface area contributed by atoms with E-state index in [0.717, 1.165) is 0 Å². The Morgan fingerprint density at radius 1 is 0.429 bits per heavy atom. The van der Waals surface area contributed by atoms with E-state index < -0.39 is 5.41 Å². The van der Waals surface area contributed by atoms with E-state index in [1.807, 2.05) is 0 Å². The molecule has 2 aliphatic rings. The van der Waals surface area contributed by atoms with Crippen LogP contribution in [0.25, 0.3) is 28.3 Å². The lowest BCUT2D eigenvalue weighted by atomic mass is 9.55. The second-order valence-corrected chi connectivity index (χ2v) is 16.1. The normalized spacial score (nSPS) is 15.6. The Labute approximate surface area is 293 Å². The van der Waals surface area contributed by atoms with Gasteiger partial charge in [0.2, 0.25) is 0 Å². The van der Waals surface area contributed by atoms with Crippen LogP contribution in [0.1, 0.15) is 97.9 Å². The van der Waals surface area contributed by atoms with E-state index in [4.69, 9.17) is 0 Å². The van der Waals surface area contributed by atoms with Crippen molar-refractivity contribution in [3.8, 4) is 22.3 Å². The van der Waals surface area contributed by atoms with Crippen molar-refractivity contribution in [3.05, 3.63) is 196 Å². The first-order valence-corrected chi connectivity index (χ1v) is 17.9. The minimum atomic E-state index is -0.456. The highest BCUT2D eigenvalue weighted by Crippen LogP contribution is 2.64. The predicted octanol–water partition coefficient (Wildman–Crippen LogP) is 12.9. The SMILES string of the molecule is CC(C)(C)c1ccc2c(c1)C(C(c1ccccc1)(c1ccccc1)C1C=Cc3cccc(-c4ccccc4)c31)c1cc(C(C)(C)C)ccc1-2. The van der Waals surface area contributed by atoms with Gasteiger partial charge in [-0.3, -0.25) is 0 Å². The third kappa shape index (κ3) is 5.04. The van der Waals surface area contributed by atoms with Gasteiger partial charge in [-0.05, 0) is 77.6 Å². The lowest BCUT2D eigenvalue weighted by Crippen LogP contribution is -2.40. The molecule has 1 unspecified atom stereocenters. The number of fused-ring (bicyclic) bond motifs is 4. The molecule has 0 aliphatic heterocycles. The molecule has 8 rings (SSSR count). The van der Waals surface area contributed by atoms with E-state index in [1.54, 1.807) is 0 Å². The van der Waals surface area contributed by atoms with Crippen molar-refractivity contribution in [2.45, 2.75) is 69.6 Å². The van der Waals surface area contributed by atoms with Gasteiger partial charge in [0.05, 0.1) is 0 Å². The lowest BCUT2D eigenvalue weighted by Gasteiger charge is -2.47. The molecule has 6 aromatic carbocycles. The number of benzene rings is 6. The molecule has 0 radical (unpaired) electrons. The Morgan fingerprint density at radius 2 is 0.918 bits per heavy atom. The molecular weight excluding hydrogens is 589 g/mol. The van der Waals surface area contributed by atoms with Crippen LogP contribution in [0.5, 0.6) is 0 Å². The quantitative estimate of drug-likeness (QED) is 0.177. The maximum Gasteiger partial charge on any atom is 0.0415 e. The summed E-state index contributed by atoms with van der Waals surface area (Å²) in [5.74, 6) is 0.139. The van der Waals surface area contributed by atoms with Crippen molar-refractivity contribution in [1.82, 2.24) is 0 Å². The van der Waals surface area contributed by atoms with Gasteiger partial charge in [0.15, 0.2) is 0 Å². The van der Waals surface area contributed by atoms with Crippen LogP contribution in [0.2, 0.25) is 0 Å². The Balaban J connectivity index is 1.53. The van der Waals surface area contributed by atoms with Gasteiger partial charge >= 0.3 is 0 Å². The zero-order valence-electron chi connectivity index (χ0n) is 29.7. The summed E-state index contributed by atoms with van der Waals surface area (Å²) in [6.45, 7) is 14.0. The number of hydrogen-bond donors (Lipinski definition) is 0. The van der Waals surface area contributed by atoms with E-state index in [0.29, 0.717) is 0 Å². The summed E-state index contributed by atoms with van der Waals surface area (Å²) in [5.41, 5.74) is 15.9. The Hall–Kier alpha value is -4.94. The largest absolute Gasteiger partial charge is 0.0751 e. The van der Waals surface area contributed by atoms with Gasteiger partial charge < -0.3 is 0 Å². The molecule has 0 heterocycles. The van der Waals surface area contributed by atoms with Crippen LogP contribution < -0.4 is 0 Å². The average Bonchev–Trinajstić information content (AvgIpc) is 3.69. The number of rotatable bonds is 5. The van der Waals surface area contributed by atoms with Crippen LogP contribution in [0, 0.1) is 0 Å². The van der Waals surface area contributed by atoms with E-state index in [1.165, 1.54) is 66.8 Å². The smallest absolute Gasteiger partial charge is 0.0415 e. The van der Waals surface area contributed by atoms with Gasteiger partial charge in [0.25, 0.3) is 0 Å². The predicted molar refractivity (Wildman–Crippen MR) is 208 cm³/mol. The fraction of sp³-hybridized carbons (Fsp3) is 0.224. The molecule has 0 aromatic heterocycles. The third-order valence-electron chi connectivity index (χ3n) is 11.2. The van der Waals surface area contributed by atoms with E-state index >= 15 is 0 Å². The van der Waals surface area contributed by atoms with Crippen LogP contribution in [0.15, 0.2) is 152 Å². The molecule has 242 valence electrons. The second kappa shape index (κ2) is 11.6. The third-order valence-corrected chi connectivity index (χ3v) is 11.2. The van der Waals surface area contributed by atoms with Crippen molar-refractivity contribution >= 4 is 6.08 Å². The first-order valence-electron chi connectivity index (χ1n) is 17.9. The van der Waals surface area contributed by atoms with Crippen molar-refractivity contribution in [2.24, 2.45) is 0 Å². The van der Waals surface area contributed by atoms with Gasteiger partial charge in [0, 0.05) is 17.3 Å². The molecule has 49 heavy (non-hydrogen) atoms. The molecule has 0 spiro atoms. The summed E-state index contributed by atoms with van der Waals surface area (Å²) < 4.78 is 0. The van der Waals surface area contributed by atoms with Gasteiger partial charge in [0.1, 0.15) is 0 Å². The zero-order chi connectivity index (χ0) is 34.0. The standard InChI is InChI=1S/C49H46/c1-47(2,3)37-26-28-40-41-29-27-38(48(4,5)6)32-43(41)46(42(40)31-37)49(35-20-12-8-13-21-35,36-22-14-9-15-23-36)44-30-25-34-19-16-24-39(45(34)44)33-17-10-7-11-18-33/h7-32,44,46H,1-6H3. The molecule has 0 N–H and O–H groups in total.